The Bertz CT molecular complexity index is 365. The average Bonchev–Trinajstić information content (AvgIpc) is 2.76. The number of nitrogens with two attached hydrogens (primary N) is 1. The molecule has 1 saturated carbocycles. The highest BCUT2D eigenvalue weighted by atomic mass is 16.2. The molecule has 0 bridgehead atoms. The molecule has 2 rings (SSSR count). The predicted molar refractivity (Wildman–Crippen MR) is 57.3 cm³/mol. The quantitative estimate of drug-likeness (QED) is 0.676. The second-order valence-corrected chi connectivity index (χ2v) is 4.25. The van der Waals surface area contributed by atoms with Crippen LogP contribution in [0.2, 0.25) is 0 Å². The van der Waals surface area contributed by atoms with E-state index in [0.717, 1.165) is 31.4 Å². The number of anilines is 1. The van der Waals surface area contributed by atoms with E-state index in [0.29, 0.717) is 5.82 Å². The van der Waals surface area contributed by atoms with Gasteiger partial charge in [-0.15, -0.1) is 0 Å². The zero-order valence-corrected chi connectivity index (χ0v) is 8.84. The monoisotopic (exact) mass is 208 g/mol. The smallest absolute Gasteiger partial charge is 0.245 e. The number of H-pyrrole nitrogens is 1. The minimum atomic E-state index is -0.688. The van der Waals surface area contributed by atoms with E-state index >= 15 is 0 Å². The van der Waals surface area contributed by atoms with Crippen LogP contribution in [0.5, 0.6) is 0 Å². The van der Waals surface area contributed by atoms with Crippen molar-refractivity contribution in [2.75, 3.05) is 5.32 Å². The third-order valence-electron chi connectivity index (χ3n) is 2.90. The van der Waals surface area contributed by atoms with E-state index in [-0.39, 0.29) is 5.91 Å². The van der Waals surface area contributed by atoms with Gasteiger partial charge in [0.05, 0.1) is 5.54 Å². The van der Waals surface area contributed by atoms with Gasteiger partial charge in [-0.3, -0.25) is 9.89 Å². The molecular formula is C10H16N4O. The van der Waals surface area contributed by atoms with Crippen molar-refractivity contribution in [1.29, 1.82) is 0 Å². The van der Waals surface area contributed by atoms with Gasteiger partial charge in [-0.05, 0) is 19.8 Å². The summed E-state index contributed by atoms with van der Waals surface area (Å²) in [5.74, 6) is 0.431. The molecule has 0 spiro atoms. The molecule has 82 valence electrons. The highest BCUT2D eigenvalue weighted by Crippen LogP contribution is 2.28. The molecule has 4 N–H and O–H groups in total. The molecule has 1 aliphatic rings. The molecule has 0 aliphatic heterocycles. The molecule has 1 aliphatic carbocycles. The Morgan fingerprint density at radius 3 is 2.80 bits per heavy atom. The molecule has 15 heavy (non-hydrogen) atoms. The zero-order chi connectivity index (χ0) is 10.9. The fourth-order valence-corrected chi connectivity index (χ4v) is 1.96. The van der Waals surface area contributed by atoms with Gasteiger partial charge in [-0.1, -0.05) is 12.8 Å². The lowest BCUT2D eigenvalue weighted by Gasteiger charge is -2.21. The van der Waals surface area contributed by atoms with Crippen molar-refractivity contribution in [3.63, 3.8) is 0 Å². The first-order valence-corrected chi connectivity index (χ1v) is 5.22. The van der Waals surface area contributed by atoms with Gasteiger partial charge in [-0.2, -0.15) is 5.10 Å². The Morgan fingerprint density at radius 2 is 2.27 bits per heavy atom. The summed E-state index contributed by atoms with van der Waals surface area (Å²) in [5, 5.41) is 9.46. The summed E-state index contributed by atoms with van der Waals surface area (Å²) < 4.78 is 0. The van der Waals surface area contributed by atoms with Gasteiger partial charge in [0, 0.05) is 11.8 Å². The number of aromatic nitrogens is 2. The van der Waals surface area contributed by atoms with Gasteiger partial charge in [0.25, 0.3) is 0 Å². The number of aryl methyl sites for hydroxylation is 1. The molecule has 1 amide bonds. The lowest BCUT2D eigenvalue weighted by molar-refractivity contribution is -0.121. The van der Waals surface area contributed by atoms with Crippen LogP contribution in [0.25, 0.3) is 0 Å². The SMILES string of the molecule is Cc1cc(NC(=O)C2(N)CCCC2)n[nH]1. The Kier molecular flexibility index (Phi) is 2.48. The summed E-state index contributed by atoms with van der Waals surface area (Å²) in [6, 6.07) is 1.79. The molecule has 0 saturated heterocycles. The van der Waals surface area contributed by atoms with Crippen molar-refractivity contribution in [3.8, 4) is 0 Å². The highest BCUT2D eigenvalue weighted by Gasteiger charge is 2.37. The number of nitrogens with one attached hydrogen (secondary N) is 2. The number of carbonyl (C=O) groups excluding carboxylic acids is 1. The molecular weight excluding hydrogens is 192 g/mol. The Balaban J connectivity index is 2.03. The summed E-state index contributed by atoms with van der Waals surface area (Å²) in [6.45, 7) is 1.89. The largest absolute Gasteiger partial charge is 0.317 e. The van der Waals surface area contributed by atoms with E-state index in [9.17, 15) is 4.79 Å². The van der Waals surface area contributed by atoms with E-state index in [1.165, 1.54) is 0 Å². The molecule has 5 heteroatoms. The van der Waals surface area contributed by atoms with Gasteiger partial charge in [0.1, 0.15) is 0 Å². The van der Waals surface area contributed by atoms with Crippen molar-refractivity contribution in [1.82, 2.24) is 10.2 Å². The number of aromatic amines is 1. The Labute approximate surface area is 88.4 Å². The van der Waals surface area contributed by atoms with Gasteiger partial charge < -0.3 is 11.1 Å². The molecule has 0 aromatic carbocycles. The zero-order valence-electron chi connectivity index (χ0n) is 8.84. The Morgan fingerprint density at radius 1 is 1.60 bits per heavy atom. The van der Waals surface area contributed by atoms with Crippen molar-refractivity contribution in [2.45, 2.75) is 38.1 Å². The molecule has 1 fully saturated rings. The first-order chi connectivity index (χ1) is 7.10. The maximum atomic E-state index is 11.9. The maximum Gasteiger partial charge on any atom is 0.245 e. The fourth-order valence-electron chi connectivity index (χ4n) is 1.96. The van der Waals surface area contributed by atoms with Crippen LogP contribution >= 0.6 is 0 Å². The van der Waals surface area contributed by atoms with E-state index in [1.54, 1.807) is 6.07 Å². The topological polar surface area (TPSA) is 83.8 Å². The lowest BCUT2D eigenvalue weighted by Crippen LogP contribution is -2.48. The number of hydrogen-bond donors (Lipinski definition) is 3. The number of carbonyl (C=O) groups is 1. The van der Waals surface area contributed by atoms with Crippen LogP contribution in [0.15, 0.2) is 6.07 Å². The van der Waals surface area contributed by atoms with E-state index in [2.05, 4.69) is 15.5 Å². The summed E-state index contributed by atoms with van der Waals surface area (Å²) in [6.07, 6.45) is 3.59. The standard InChI is InChI=1S/C10H16N4O/c1-7-6-8(14-13-7)12-9(15)10(11)4-2-3-5-10/h6H,2-5,11H2,1H3,(H2,12,13,14,15). The number of rotatable bonds is 2. The normalized spacial score (nSPS) is 19.1. The van der Waals surface area contributed by atoms with Crippen LogP contribution in [-0.4, -0.2) is 21.6 Å². The second kappa shape index (κ2) is 3.66. The van der Waals surface area contributed by atoms with Gasteiger partial charge in [0.2, 0.25) is 5.91 Å². The fraction of sp³-hybridized carbons (Fsp3) is 0.600. The number of amides is 1. The van der Waals surface area contributed by atoms with Gasteiger partial charge in [-0.25, -0.2) is 0 Å². The molecule has 1 heterocycles. The van der Waals surface area contributed by atoms with Crippen LogP contribution in [0.3, 0.4) is 0 Å². The lowest BCUT2D eigenvalue weighted by atomic mass is 9.98. The third kappa shape index (κ3) is 2.02. The van der Waals surface area contributed by atoms with Crippen molar-refractivity contribution in [2.24, 2.45) is 5.73 Å². The number of hydrogen-bond acceptors (Lipinski definition) is 3. The van der Waals surface area contributed by atoms with Crippen molar-refractivity contribution in [3.05, 3.63) is 11.8 Å². The van der Waals surface area contributed by atoms with Crippen molar-refractivity contribution < 1.29 is 4.79 Å². The summed E-state index contributed by atoms with van der Waals surface area (Å²) in [7, 11) is 0. The first kappa shape index (κ1) is 10.2. The summed E-state index contributed by atoms with van der Waals surface area (Å²) >= 11 is 0. The van der Waals surface area contributed by atoms with Gasteiger partial charge >= 0.3 is 0 Å². The third-order valence-corrected chi connectivity index (χ3v) is 2.90. The van der Waals surface area contributed by atoms with E-state index < -0.39 is 5.54 Å². The minimum Gasteiger partial charge on any atom is -0.317 e. The molecule has 1 aromatic rings. The first-order valence-electron chi connectivity index (χ1n) is 5.22. The predicted octanol–water partition coefficient (Wildman–Crippen LogP) is 0.928. The summed E-state index contributed by atoms with van der Waals surface area (Å²) in [5.41, 5.74) is 6.24. The van der Waals surface area contributed by atoms with Gasteiger partial charge in [0.15, 0.2) is 5.82 Å². The van der Waals surface area contributed by atoms with Crippen LogP contribution in [-0.2, 0) is 4.79 Å². The van der Waals surface area contributed by atoms with E-state index in [1.807, 2.05) is 6.92 Å². The summed E-state index contributed by atoms with van der Waals surface area (Å²) in [4.78, 5) is 11.9. The van der Waals surface area contributed by atoms with Crippen LogP contribution in [0.1, 0.15) is 31.4 Å². The van der Waals surface area contributed by atoms with E-state index in [4.69, 9.17) is 5.73 Å². The molecule has 1 aromatic heterocycles. The number of nitrogens with zero attached hydrogens (tertiary/aromatic N) is 1. The van der Waals surface area contributed by atoms with Crippen LogP contribution in [0.4, 0.5) is 5.82 Å². The molecule has 0 atom stereocenters. The Hall–Kier alpha value is -1.36. The highest BCUT2D eigenvalue weighted by molar-refractivity contribution is 5.97. The average molecular weight is 208 g/mol. The molecule has 0 unspecified atom stereocenters. The van der Waals surface area contributed by atoms with Crippen molar-refractivity contribution >= 4 is 11.7 Å². The van der Waals surface area contributed by atoms with Crippen LogP contribution < -0.4 is 11.1 Å². The molecule has 0 radical (unpaired) electrons. The molecule has 5 nitrogen and oxygen atoms in total. The minimum absolute atomic E-state index is 0.119. The van der Waals surface area contributed by atoms with Crippen LogP contribution in [0, 0.1) is 6.92 Å². The second-order valence-electron chi connectivity index (χ2n) is 4.25. The maximum absolute atomic E-state index is 11.9.